The standard InChI is InChI=1S/C23H24F3N5O3S.K/c1-5-31(6-2)22(34)17-12-11-16(35-17)21(33)28-27-13(3)18-20(32)19(30(4)29-18)14-7-9-15(10-8-14)23(24,25)26;/h7-12,32H,5-6H2,1-4H3,(H,28,33);. The predicted molar refractivity (Wildman–Crippen MR) is 132 cm³/mol. The summed E-state index contributed by atoms with van der Waals surface area (Å²) in [5, 5.41) is 18.8. The minimum atomic E-state index is -4.47. The van der Waals surface area contributed by atoms with Gasteiger partial charge in [0.25, 0.3) is 11.8 Å². The first-order valence-electron chi connectivity index (χ1n) is 10.7. The SMILES string of the molecule is CCN(CC)C(=O)c1ccc(C(=O)NN=C(C)c2nn(C)c(-c3ccc(C(F)(F)F)cc3)c2O)s1.[K]. The van der Waals surface area contributed by atoms with Gasteiger partial charge in [-0.25, -0.2) is 5.43 Å². The smallest absolute Gasteiger partial charge is 0.416 e. The van der Waals surface area contributed by atoms with Crippen LogP contribution in [0.3, 0.4) is 0 Å². The molecule has 2 heterocycles. The van der Waals surface area contributed by atoms with Gasteiger partial charge in [-0.3, -0.25) is 14.3 Å². The molecule has 1 radical (unpaired) electrons. The van der Waals surface area contributed by atoms with E-state index < -0.39 is 17.6 Å². The molecule has 0 atom stereocenters. The molecule has 8 nitrogen and oxygen atoms in total. The average molecular weight is 547 g/mol. The molecule has 0 bridgehead atoms. The molecule has 0 aliphatic heterocycles. The van der Waals surface area contributed by atoms with Gasteiger partial charge >= 0.3 is 6.18 Å². The van der Waals surface area contributed by atoms with E-state index in [0.29, 0.717) is 23.5 Å². The minimum Gasteiger partial charge on any atom is -0.504 e. The Kier molecular flexibility index (Phi) is 10.5. The van der Waals surface area contributed by atoms with E-state index in [1.165, 1.54) is 36.9 Å². The molecule has 0 fully saturated rings. The van der Waals surface area contributed by atoms with Crippen molar-refractivity contribution in [1.82, 2.24) is 20.1 Å². The van der Waals surface area contributed by atoms with E-state index in [1.54, 1.807) is 11.0 Å². The summed E-state index contributed by atoms with van der Waals surface area (Å²) in [6.07, 6.45) is -4.47. The van der Waals surface area contributed by atoms with Crippen LogP contribution in [-0.4, -0.2) is 102 Å². The van der Waals surface area contributed by atoms with Crippen molar-refractivity contribution in [2.75, 3.05) is 13.1 Å². The zero-order valence-electron chi connectivity index (χ0n) is 20.5. The van der Waals surface area contributed by atoms with Gasteiger partial charge in [0, 0.05) is 77.1 Å². The molecule has 187 valence electrons. The number of hydrogen-bond donors (Lipinski definition) is 2. The zero-order valence-corrected chi connectivity index (χ0v) is 24.4. The quantitative estimate of drug-likeness (QED) is 0.265. The number of nitrogens with zero attached hydrogens (tertiary/aromatic N) is 4. The van der Waals surface area contributed by atoms with Crippen molar-refractivity contribution in [3.63, 3.8) is 0 Å². The maximum Gasteiger partial charge on any atom is 0.416 e. The van der Waals surface area contributed by atoms with E-state index in [2.05, 4.69) is 15.6 Å². The van der Waals surface area contributed by atoms with E-state index in [4.69, 9.17) is 0 Å². The summed E-state index contributed by atoms with van der Waals surface area (Å²) in [7, 11) is 1.53. The fraction of sp³-hybridized carbons (Fsp3) is 0.304. The number of alkyl halides is 3. The third-order valence-electron chi connectivity index (χ3n) is 5.27. The van der Waals surface area contributed by atoms with E-state index >= 15 is 0 Å². The van der Waals surface area contributed by atoms with Gasteiger partial charge in [0.15, 0.2) is 11.4 Å². The summed E-state index contributed by atoms with van der Waals surface area (Å²) in [5.41, 5.74) is 2.34. The number of hydrazone groups is 1. The Labute approximate surface area is 252 Å². The molecule has 3 aromatic rings. The molecule has 2 aromatic heterocycles. The van der Waals surface area contributed by atoms with Crippen LogP contribution in [0.5, 0.6) is 5.75 Å². The topological polar surface area (TPSA) is 99.8 Å². The van der Waals surface area contributed by atoms with Crippen molar-refractivity contribution in [3.8, 4) is 17.0 Å². The third-order valence-corrected chi connectivity index (χ3v) is 6.34. The molecule has 0 aliphatic carbocycles. The Balaban J connectivity index is 0.00000456. The summed E-state index contributed by atoms with van der Waals surface area (Å²) < 4.78 is 39.8. The molecule has 0 aliphatic rings. The van der Waals surface area contributed by atoms with Crippen molar-refractivity contribution in [3.05, 3.63) is 57.4 Å². The number of nitrogens with one attached hydrogen (secondary N) is 1. The second-order valence-electron chi connectivity index (χ2n) is 7.52. The minimum absolute atomic E-state index is 0. The van der Waals surface area contributed by atoms with E-state index in [9.17, 15) is 27.9 Å². The van der Waals surface area contributed by atoms with Gasteiger partial charge in [0.2, 0.25) is 0 Å². The molecule has 13 heteroatoms. The molecule has 3 rings (SSSR count). The van der Waals surface area contributed by atoms with Crippen LogP contribution in [-0.2, 0) is 13.2 Å². The summed E-state index contributed by atoms with van der Waals surface area (Å²) in [6.45, 7) is 6.37. The molecule has 2 N–H and O–H groups in total. The van der Waals surface area contributed by atoms with E-state index in [-0.39, 0.29) is 85.0 Å². The zero-order chi connectivity index (χ0) is 25.9. The maximum absolute atomic E-state index is 12.8. The molecule has 0 unspecified atom stereocenters. The van der Waals surface area contributed by atoms with Crippen LogP contribution in [0.2, 0.25) is 0 Å². The largest absolute Gasteiger partial charge is 0.504 e. The summed E-state index contributed by atoms with van der Waals surface area (Å²) in [4.78, 5) is 27.3. The number of aryl methyl sites for hydroxylation is 1. The van der Waals surface area contributed by atoms with Crippen molar-refractivity contribution >= 4 is 80.2 Å². The van der Waals surface area contributed by atoms with Gasteiger partial charge in [-0.1, -0.05) is 12.1 Å². The van der Waals surface area contributed by atoms with Crippen molar-refractivity contribution in [2.24, 2.45) is 12.1 Å². The number of rotatable bonds is 7. The van der Waals surface area contributed by atoms with E-state index in [1.807, 2.05) is 13.8 Å². The second-order valence-corrected chi connectivity index (χ2v) is 8.61. The number of halogens is 3. The number of carbonyl (C=O) groups excluding carboxylic acids is 2. The summed E-state index contributed by atoms with van der Waals surface area (Å²) in [5.74, 6) is -0.981. The molecule has 0 saturated heterocycles. The fourth-order valence-electron chi connectivity index (χ4n) is 3.38. The fourth-order valence-corrected chi connectivity index (χ4v) is 4.25. The Bertz CT molecular complexity index is 1270. The Morgan fingerprint density at radius 2 is 1.69 bits per heavy atom. The van der Waals surface area contributed by atoms with Crippen molar-refractivity contribution in [1.29, 1.82) is 0 Å². The van der Waals surface area contributed by atoms with Crippen molar-refractivity contribution in [2.45, 2.75) is 26.9 Å². The Morgan fingerprint density at radius 3 is 2.25 bits per heavy atom. The van der Waals surface area contributed by atoms with Crippen LogP contribution in [0.15, 0.2) is 41.5 Å². The second kappa shape index (κ2) is 12.5. The van der Waals surface area contributed by atoms with Crippen LogP contribution < -0.4 is 5.43 Å². The number of thiophene rings is 1. The Morgan fingerprint density at radius 1 is 1.11 bits per heavy atom. The third kappa shape index (κ3) is 6.64. The van der Waals surface area contributed by atoms with Gasteiger partial charge in [0.1, 0.15) is 5.69 Å². The van der Waals surface area contributed by atoms with Crippen LogP contribution in [0, 0.1) is 0 Å². The molecule has 2 amide bonds. The number of carbonyl (C=O) groups is 2. The first-order valence-corrected chi connectivity index (χ1v) is 11.5. The number of hydrogen-bond acceptors (Lipinski definition) is 6. The molecule has 1 aromatic carbocycles. The molecule has 0 spiro atoms. The molecular weight excluding hydrogens is 522 g/mol. The monoisotopic (exact) mass is 546 g/mol. The van der Waals surface area contributed by atoms with Gasteiger partial charge in [-0.2, -0.15) is 23.4 Å². The normalized spacial score (nSPS) is 11.7. The van der Waals surface area contributed by atoms with Gasteiger partial charge in [-0.05, 0) is 45.0 Å². The number of aromatic hydroxyl groups is 1. The van der Waals surface area contributed by atoms with Crippen LogP contribution in [0.25, 0.3) is 11.3 Å². The van der Waals surface area contributed by atoms with Gasteiger partial charge in [0.05, 0.1) is 21.0 Å². The van der Waals surface area contributed by atoms with Crippen LogP contribution in [0.1, 0.15) is 51.4 Å². The average Bonchev–Trinajstić information content (AvgIpc) is 3.42. The summed E-state index contributed by atoms with van der Waals surface area (Å²) >= 11 is 1.04. The van der Waals surface area contributed by atoms with E-state index in [0.717, 1.165) is 23.5 Å². The molecule has 36 heavy (non-hydrogen) atoms. The first kappa shape index (κ1) is 30.2. The van der Waals surface area contributed by atoms with Gasteiger partial charge in [-0.15, -0.1) is 11.3 Å². The maximum atomic E-state index is 12.8. The van der Waals surface area contributed by atoms with Gasteiger partial charge < -0.3 is 10.0 Å². The Hall–Kier alpha value is -2.03. The molecular formula is C23H24F3KN5O3S. The number of aromatic nitrogens is 2. The first-order chi connectivity index (χ1) is 16.5. The predicted octanol–water partition coefficient (Wildman–Crippen LogP) is 4.13. The van der Waals surface area contributed by atoms with Crippen molar-refractivity contribution < 1.29 is 27.9 Å². The molecule has 0 saturated carbocycles. The summed E-state index contributed by atoms with van der Waals surface area (Å²) in [6, 6.07) is 7.43. The number of amides is 2. The van der Waals surface area contributed by atoms with Crippen LogP contribution in [0.4, 0.5) is 13.2 Å². The van der Waals surface area contributed by atoms with Crippen LogP contribution >= 0.6 is 11.3 Å². The number of benzene rings is 1.